The molecule has 2 aromatic rings. The van der Waals surface area contributed by atoms with Gasteiger partial charge in [0.15, 0.2) is 5.69 Å². The number of likely N-dealkylation sites (tertiary alicyclic amines) is 1. The van der Waals surface area contributed by atoms with Crippen molar-refractivity contribution in [1.82, 2.24) is 19.6 Å². The molecular weight excluding hydrogens is 432 g/mol. The van der Waals surface area contributed by atoms with Crippen LogP contribution in [0.2, 0.25) is 0 Å². The lowest BCUT2D eigenvalue weighted by atomic mass is 10.1. The van der Waals surface area contributed by atoms with E-state index >= 15 is 0 Å². The van der Waals surface area contributed by atoms with E-state index < -0.39 is 0 Å². The standard InChI is InChI=1S/C26H34N4O4/c1-18-6-8-20(9-7-18)34-21-10-12-28(13-11-21)24(31)17-30-23-5-3-4-22(23)25(27-30)26(32)29-14-15-33-19(2)16-29/h6-9,19,21H,3-5,10-17H2,1-2H3/t19-/m0/s1. The van der Waals surface area contributed by atoms with Gasteiger partial charge in [0.1, 0.15) is 18.4 Å². The van der Waals surface area contributed by atoms with Crippen LogP contribution in [0.15, 0.2) is 24.3 Å². The number of hydrogen-bond acceptors (Lipinski definition) is 5. The van der Waals surface area contributed by atoms with Crippen molar-refractivity contribution in [2.24, 2.45) is 0 Å². The molecule has 0 N–H and O–H groups in total. The molecule has 0 saturated carbocycles. The van der Waals surface area contributed by atoms with Gasteiger partial charge in [-0.25, -0.2) is 0 Å². The Morgan fingerprint density at radius 2 is 1.85 bits per heavy atom. The third-order valence-corrected chi connectivity index (χ3v) is 7.14. The average molecular weight is 467 g/mol. The van der Waals surface area contributed by atoms with E-state index in [0.29, 0.717) is 38.5 Å². The molecule has 2 amide bonds. The first-order chi connectivity index (χ1) is 16.5. The Hall–Kier alpha value is -2.87. The quantitative estimate of drug-likeness (QED) is 0.677. The van der Waals surface area contributed by atoms with Crippen LogP contribution in [0, 0.1) is 6.92 Å². The molecule has 182 valence electrons. The fourth-order valence-corrected chi connectivity index (χ4v) is 5.22. The first-order valence-corrected chi connectivity index (χ1v) is 12.5. The molecule has 3 heterocycles. The molecule has 8 nitrogen and oxygen atoms in total. The Morgan fingerprint density at radius 3 is 2.59 bits per heavy atom. The van der Waals surface area contributed by atoms with Crippen LogP contribution in [0.5, 0.6) is 5.75 Å². The molecule has 0 bridgehead atoms. The number of aryl methyl sites for hydroxylation is 1. The van der Waals surface area contributed by atoms with Gasteiger partial charge in [-0.3, -0.25) is 14.3 Å². The van der Waals surface area contributed by atoms with Crippen LogP contribution in [0.1, 0.15) is 53.5 Å². The van der Waals surface area contributed by atoms with Crippen LogP contribution in [0.3, 0.4) is 0 Å². The number of morpholine rings is 1. The summed E-state index contributed by atoms with van der Waals surface area (Å²) < 4.78 is 13.5. The largest absolute Gasteiger partial charge is 0.490 e. The first-order valence-electron chi connectivity index (χ1n) is 12.5. The minimum atomic E-state index is -0.0337. The summed E-state index contributed by atoms with van der Waals surface area (Å²) in [7, 11) is 0. The normalized spacial score (nSPS) is 20.9. The number of amides is 2. The fraction of sp³-hybridized carbons (Fsp3) is 0.577. The lowest BCUT2D eigenvalue weighted by Crippen LogP contribution is -2.45. The minimum Gasteiger partial charge on any atom is -0.490 e. The average Bonchev–Trinajstić information content (AvgIpc) is 3.44. The molecule has 0 spiro atoms. The van der Waals surface area contributed by atoms with Crippen molar-refractivity contribution in [2.45, 2.75) is 64.7 Å². The second-order valence-corrected chi connectivity index (χ2v) is 9.73. The molecule has 0 unspecified atom stereocenters. The number of carbonyl (C=O) groups excluding carboxylic acids is 2. The Kier molecular flexibility index (Phi) is 6.59. The molecule has 1 atom stereocenters. The molecule has 1 aromatic heterocycles. The number of hydrogen-bond donors (Lipinski definition) is 0. The molecule has 1 aromatic carbocycles. The summed E-state index contributed by atoms with van der Waals surface area (Å²) in [4.78, 5) is 30.0. The number of nitrogens with zero attached hydrogens (tertiary/aromatic N) is 4. The number of aromatic nitrogens is 2. The molecule has 34 heavy (non-hydrogen) atoms. The van der Waals surface area contributed by atoms with E-state index in [-0.39, 0.29) is 30.6 Å². The van der Waals surface area contributed by atoms with Gasteiger partial charge in [-0.05, 0) is 45.2 Å². The number of benzene rings is 1. The van der Waals surface area contributed by atoms with E-state index in [9.17, 15) is 9.59 Å². The number of carbonyl (C=O) groups is 2. The van der Waals surface area contributed by atoms with Crippen molar-refractivity contribution in [2.75, 3.05) is 32.8 Å². The lowest BCUT2D eigenvalue weighted by molar-refractivity contribution is -0.133. The van der Waals surface area contributed by atoms with Crippen LogP contribution in [0.4, 0.5) is 0 Å². The van der Waals surface area contributed by atoms with Crippen LogP contribution in [-0.4, -0.2) is 76.4 Å². The zero-order valence-electron chi connectivity index (χ0n) is 20.2. The van der Waals surface area contributed by atoms with Gasteiger partial charge >= 0.3 is 0 Å². The summed E-state index contributed by atoms with van der Waals surface area (Å²) in [6, 6.07) is 8.10. The SMILES string of the molecule is Cc1ccc(OC2CCN(C(=O)Cn3nc(C(=O)N4CCO[C@@H](C)C4)c4c3CCC4)CC2)cc1. The van der Waals surface area contributed by atoms with Crippen LogP contribution in [-0.2, 0) is 28.9 Å². The van der Waals surface area contributed by atoms with Crippen LogP contribution >= 0.6 is 0 Å². The Balaban J connectivity index is 1.20. The number of rotatable bonds is 5. The van der Waals surface area contributed by atoms with E-state index in [1.54, 1.807) is 4.68 Å². The Morgan fingerprint density at radius 1 is 1.09 bits per heavy atom. The highest BCUT2D eigenvalue weighted by Gasteiger charge is 2.32. The minimum absolute atomic E-state index is 0.0337. The first kappa shape index (κ1) is 22.9. The van der Waals surface area contributed by atoms with Crippen molar-refractivity contribution >= 4 is 11.8 Å². The highest BCUT2D eigenvalue weighted by molar-refractivity contribution is 5.94. The highest BCUT2D eigenvalue weighted by atomic mass is 16.5. The maximum atomic E-state index is 13.2. The Bertz CT molecular complexity index is 1040. The second-order valence-electron chi connectivity index (χ2n) is 9.73. The number of ether oxygens (including phenoxy) is 2. The maximum absolute atomic E-state index is 13.2. The summed E-state index contributed by atoms with van der Waals surface area (Å²) in [5.41, 5.74) is 3.82. The number of fused-ring (bicyclic) bond motifs is 1. The summed E-state index contributed by atoms with van der Waals surface area (Å²) >= 11 is 0. The zero-order chi connectivity index (χ0) is 23.7. The lowest BCUT2D eigenvalue weighted by Gasteiger charge is -2.32. The molecule has 2 aliphatic heterocycles. The zero-order valence-corrected chi connectivity index (χ0v) is 20.2. The Labute approximate surface area is 200 Å². The molecule has 5 rings (SSSR count). The molecule has 0 radical (unpaired) electrons. The molecule has 8 heteroatoms. The molecule has 3 aliphatic rings. The van der Waals surface area contributed by atoms with Gasteiger partial charge in [-0.15, -0.1) is 0 Å². The maximum Gasteiger partial charge on any atom is 0.274 e. The van der Waals surface area contributed by atoms with Crippen molar-refractivity contribution in [3.63, 3.8) is 0 Å². The van der Waals surface area contributed by atoms with E-state index in [1.165, 1.54) is 5.56 Å². The predicted octanol–water partition coefficient (Wildman–Crippen LogP) is 2.61. The second kappa shape index (κ2) is 9.78. The topological polar surface area (TPSA) is 76.9 Å². The van der Waals surface area contributed by atoms with E-state index in [0.717, 1.165) is 49.1 Å². The van der Waals surface area contributed by atoms with Crippen molar-refractivity contribution in [1.29, 1.82) is 0 Å². The van der Waals surface area contributed by atoms with Gasteiger partial charge in [0.05, 0.1) is 12.7 Å². The van der Waals surface area contributed by atoms with Gasteiger partial charge in [-0.1, -0.05) is 17.7 Å². The van der Waals surface area contributed by atoms with E-state index in [1.807, 2.05) is 28.9 Å². The third-order valence-electron chi connectivity index (χ3n) is 7.14. The van der Waals surface area contributed by atoms with Gasteiger partial charge in [0, 0.05) is 50.3 Å². The van der Waals surface area contributed by atoms with Gasteiger partial charge in [-0.2, -0.15) is 5.10 Å². The van der Waals surface area contributed by atoms with E-state index in [2.05, 4.69) is 24.2 Å². The van der Waals surface area contributed by atoms with Gasteiger partial charge in [0.2, 0.25) is 5.91 Å². The van der Waals surface area contributed by atoms with Gasteiger partial charge in [0.25, 0.3) is 5.91 Å². The molecular formula is C26H34N4O4. The van der Waals surface area contributed by atoms with E-state index in [4.69, 9.17) is 9.47 Å². The molecule has 1 aliphatic carbocycles. The summed E-state index contributed by atoms with van der Waals surface area (Å²) in [6.45, 7) is 7.31. The fourth-order valence-electron chi connectivity index (χ4n) is 5.22. The monoisotopic (exact) mass is 466 g/mol. The van der Waals surface area contributed by atoms with Crippen LogP contribution in [0.25, 0.3) is 0 Å². The van der Waals surface area contributed by atoms with Crippen molar-refractivity contribution < 1.29 is 19.1 Å². The highest BCUT2D eigenvalue weighted by Crippen LogP contribution is 2.27. The van der Waals surface area contributed by atoms with Crippen molar-refractivity contribution in [3.05, 3.63) is 46.8 Å². The predicted molar refractivity (Wildman–Crippen MR) is 127 cm³/mol. The van der Waals surface area contributed by atoms with Crippen molar-refractivity contribution in [3.8, 4) is 5.75 Å². The summed E-state index contributed by atoms with van der Waals surface area (Å²) in [5.74, 6) is 0.910. The summed E-state index contributed by atoms with van der Waals surface area (Å²) in [6.07, 6.45) is 4.52. The molecule has 2 fully saturated rings. The van der Waals surface area contributed by atoms with Crippen LogP contribution < -0.4 is 4.74 Å². The molecule has 2 saturated heterocycles. The summed E-state index contributed by atoms with van der Waals surface area (Å²) in [5, 5.41) is 4.66. The smallest absolute Gasteiger partial charge is 0.274 e. The third kappa shape index (κ3) is 4.82. The number of piperidine rings is 1. The van der Waals surface area contributed by atoms with Gasteiger partial charge < -0.3 is 19.3 Å².